The van der Waals surface area contributed by atoms with Gasteiger partial charge < -0.3 is 15.4 Å². The van der Waals surface area contributed by atoms with Crippen LogP contribution in [0.1, 0.15) is 22.5 Å². The van der Waals surface area contributed by atoms with Crippen molar-refractivity contribution in [2.24, 2.45) is 0 Å². The number of para-hydroxylation sites is 2. The summed E-state index contributed by atoms with van der Waals surface area (Å²) >= 11 is 0. The number of carbonyl (C=O) groups is 2. The zero-order valence-corrected chi connectivity index (χ0v) is 19.8. The first kappa shape index (κ1) is 25.1. The van der Waals surface area contributed by atoms with Crippen LogP contribution in [-0.4, -0.2) is 31.8 Å². The van der Waals surface area contributed by atoms with Crippen molar-refractivity contribution in [1.82, 2.24) is 19.9 Å². The van der Waals surface area contributed by atoms with E-state index < -0.39 is 0 Å². The first-order valence-electron chi connectivity index (χ1n) is 11.4. The molecule has 0 radical (unpaired) electrons. The van der Waals surface area contributed by atoms with E-state index in [1.165, 1.54) is 12.2 Å². The molecule has 0 fully saturated rings. The van der Waals surface area contributed by atoms with Gasteiger partial charge in [0, 0.05) is 59.4 Å². The number of benzene rings is 2. The maximum Gasteiger partial charge on any atom is 0.248 e. The molecule has 2 aromatic carbocycles. The van der Waals surface area contributed by atoms with E-state index in [0.717, 1.165) is 11.1 Å². The fourth-order valence-corrected chi connectivity index (χ4v) is 3.27. The Kier molecular flexibility index (Phi) is 8.93. The lowest BCUT2D eigenvalue weighted by molar-refractivity contribution is -0.112. The predicted molar refractivity (Wildman–Crippen MR) is 141 cm³/mol. The van der Waals surface area contributed by atoms with Gasteiger partial charge in [-0.25, -0.2) is 0 Å². The van der Waals surface area contributed by atoms with Gasteiger partial charge in [-0.15, -0.1) is 0 Å². The van der Waals surface area contributed by atoms with Gasteiger partial charge in [0.15, 0.2) is 0 Å². The molecule has 2 amide bonds. The monoisotopic (exact) mass is 492 g/mol. The second-order valence-electron chi connectivity index (χ2n) is 7.71. The second kappa shape index (κ2) is 13.2. The average Bonchev–Trinajstić information content (AvgIpc) is 2.94. The number of anilines is 2. The molecular weight excluding hydrogens is 468 g/mol. The number of hydrogen-bond donors (Lipinski definition) is 2. The van der Waals surface area contributed by atoms with E-state index in [1.54, 1.807) is 49.3 Å². The van der Waals surface area contributed by atoms with Crippen LogP contribution in [0.3, 0.4) is 0 Å². The smallest absolute Gasteiger partial charge is 0.248 e. The lowest BCUT2D eigenvalue weighted by Crippen LogP contribution is -2.11. The molecule has 2 heterocycles. The fraction of sp³-hybridized carbons (Fsp3) is 0.0714. The van der Waals surface area contributed by atoms with Crippen molar-refractivity contribution in [1.29, 1.82) is 0 Å². The lowest BCUT2D eigenvalue weighted by Gasteiger charge is -2.13. The number of hydrogen-bond acceptors (Lipinski definition) is 7. The van der Waals surface area contributed by atoms with Crippen molar-refractivity contribution in [3.05, 3.63) is 120 Å². The van der Waals surface area contributed by atoms with E-state index in [4.69, 9.17) is 4.74 Å². The number of amides is 2. The van der Waals surface area contributed by atoms with Crippen molar-refractivity contribution in [3.63, 3.8) is 0 Å². The minimum Gasteiger partial charge on any atom is -0.372 e. The molecule has 0 atom stereocenters. The molecule has 37 heavy (non-hydrogen) atoms. The van der Waals surface area contributed by atoms with Crippen LogP contribution in [0.15, 0.2) is 97.9 Å². The average molecular weight is 493 g/mol. The zero-order chi connectivity index (χ0) is 25.7. The van der Waals surface area contributed by atoms with Crippen LogP contribution in [0.2, 0.25) is 0 Å². The molecule has 184 valence electrons. The lowest BCUT2D eigenvalue weighted by atomic mass is 10.1. The molecule has 0 aliphatic carbocycles. The SMILES string of the molecule is O=C(/C=C/c1cnccn1)Nc1ccccc1COCc1ccccc1NC(=O)/C=C/c1cnccn1. The van der Waals surface area contributed by atoms with Crippen molar-refractivity contribution < 1.29 is 14.3 Å². The quantitative estimate of drug-likeness (QED) is 0.317. The highest BCUT2D eigenvalue weighted by atomic mass is 16.5. The second-order valence-corrected chi connectivity index (χ2v) is 7.71. The van der Waals surface area contributed by atoms with Crippen LogP contribution >= 0.6 is 0 Å². The third-order valence-corrected chi connectivity index (χ3v) is 5.04. The topological polar surface area (TPSA) is 119 Å². The highest BCUT2D eigenvalue weighted by Gasteiger charge is 2.08. The first-order chi connectivity index (χ1) is 18.2. The summed E-state index contributed by atoms with van der Waals surface area (Å²) in [6, 6.07) is 14.8. The van der Waals surface area contributed by atoms with Gasteiger partial charge in [0.2, 0.25) is 11.8 Å². The maximum absolute atomic E-state index is 12.4. The standard InChI is InChI=1S/C28H24N6O3/c35-27(11-9-23-17-29-13-15-31-23)33-25-7-3-1-5-21(25)19-37-20-22-6-2-4-8-26(22)34-28(36)12-10-24-18-30-14-16-32-24/h1-18H,19-20H2,(H,33,35)(H,34,36)/b11-9+,12-10+. The molecule has 0 aliphatic rings. The van der Waals surface area contributed by atoms with Gasteiger partial charge in [-0.3, -0.25) is 29.5 Å². The molecule has 0 saturated carbocycles. The number of nitrogens with one attached hydrogen (secondary N) is 2. The molecular formula is C28H24N6O3. The van der Waals surface area contributed by atoms with Gasteiger partial charge in [-0.1, -0.05) is 36.4 Å². The Bertz CT molecular complexity index is 1280. The van der Waals surface area contributed by atoms with Gasteiger partial charge in [0.25, 0.3) is 0 Å². The van der Waals surface area contributed by atoms with E-state index >= 15 is 0 Å². The Morgan fingerprint density at radius 3 is 1.57 bits per heavy atom. The van der Waals surface area contributed by atoms with Crippen LogP contribution in [0, 0.1) is 0 Å². The highest BCUT2D eigenvalue weighted by Crippen LogP contribution is 2.20. The summed E-state index contributed by atoms with van der Waals surface area (Å²) in [5.41, 5.74) is 4.10. The summed E-state index contributed by atoms with van der Waals surface area (Å²) in [5.74, 6) is -0.582. The molecule has 0 saturated heterocycles. The Hall–Kier alpha value is -5.02. The summed E-state index contributed by atoms with van der Waals surface area (Å²) in [7, 11) is 0. The normalized spacial score (nSPS) is 11.0. The summed E-state index contributed by atoms with van der Waals surface area (Å²) in [6.07, 6.45) is 15.4. The summed E-state index contributed by atoms with van der Waals surface area (Å²) in [6.45, 7) is 0.526. The number of nitrogens with zero attached hydrogens (tertiary/aromatic N) is 4. The molecule has 4 aromatic rings. The molecule has 2 aromatic heterocycles. The van der Waals surface area contributed by atoms with E-state index in [9.17, 15) is 9.59 Å². The molecule has 2 N–H and O–H groups in total. The van der Waals surface area contributed by atoms with Crippen molar-refractivity contribution in [2.75, 3.05) is 10.6 Å². The summed E-state index contributed by atoms with van der Waals surface area (Å²) < 4.78 is 5.93. The summed E-state index contributed by atoms with van der Waals surface area (Å²) in [5, 5.41) is 5.73. The fourth-order valence-electron chi connectivity index (χ4n) is 3.27. The number of carbonyl (C=O) groups excluding carboxylic acids is 2. The Labute approximate surface area is 214 Å². The largest absolute Gasteiger partial charge is 0.372 e. The number of aromatic nitrogens is 4. The molecule has 0 spiro atoms. The van der Waals surface area contributed by atoms with E-state index in [2.05, 4.69) is 30.6 Å². The number of ether oxygens (including phenoxy) is 1. The van der Waals surface area contributed by atoms with Crippen LogP contribution < -0.4 is 10.6 Å². The van der Waals surface area contributed by atoms with Gasteiger partial charge in [-0.2, -0.15) is 0 Å². The molecule has 9 nitrogen and oxygen atoms in total. The third-order valence-electron chi connectivity index (χ3n) is 5.04. The zero-order valence-electron chi connectivity index (χ0n) is 19.8. The summed E-state index contributed by atoms with van der Waals surface area (Å²) in [4.78, 5) is 40.9. The van der Waals surface area contributed by atoms with Crippen molar-refractivity contribution in [3.8, 4) is 0 Å². The first-order valence-corrected chi connectivity index (χ1v) is 11.4. The third kappa shape index (κ3) is 8.01. The van der Waals surface area contributed by atoms with Crippen LogP contribution in [0.4, 0.5) is 11.4 Å². The van der Waals surface area contributed by atoms with Gasteiger partial charge in [0.05, 0.1) is 37.0 Å². The number of rotatable bonds is 10. The van der Waals surface area contributed by atoms with Crippen LogP contribution in [0.25, 0.3) is 12.2 Å². The van der Waals surface area contributed by atoms with E-state index in [0.29, 0.717) is 22.8 Å². The molecule has 4 rings (SSSR count). The predicted octanol–water partition coefficient (Wildman–Crippen LogP) is 4.29. The van der Waals surface area contributed by atoms with Gasteiger partial charge in [0.1, 0.15) is 0 Å². The molecule has 0 aliphatic heterocycles. The Morgan fingerprint density at radius 2 is 1.14 bits per heavy atom. The van der Waals surface area contributed by atoms with Gasteiger partial charge in [-0.05, 0) is 24.3 Å². The minimum absolute atomic E-state index is 0.263. The van der Waals surface area contributed by atoms with E-state index in [1.807, 2.05) is 48.5 Å². The minimum atomic E-state index is -0.291. The Morgan fingerprint density at radius 1 is 0.676 bits per heavy atom. The van der Waals surface area contributed by atoms with E-state index in [-0.39, 0.29) is 25.0 Å². The highest BCUT2D eigenvalue weighted by molar-refractivity contribution is 6.02. The van der Waals surface area contributed by atoms with Crippen LogP contribution in [0.5, 0.6) is 0 Å². The van der Waals surface area contributed by atoms with Crippen molar-refractivity contribution in [2.45, 2.75) is 13.2 Å². The van der Waals surface area contributed by atoms with Crippen LogP contribution in [-0.2, 0) is 27.5 Å². The van der Waals surface area contributed by atoms with Gasteiger partial charge >= 0.3 is 0 Å². The Balaban J connectivity index is 1.33. The molecule has 0 bridgehead atoms. The van der Waals surface area contributed by atoms with Crippen molar-refractivity contribution >= 4 is 35.3 Å². The molecule has 9 heteroatoms. The maximum atomic E-state index is 12.4. The molecule has 0 unspecified atom stereocenters.